The zero-order valence-electron chi connectivity index (χ0n) is 9.45. The van der Waals surface area contributed by atoms with Crippen molar-refractivity contribution in [1.29, 1.82) is 0 Å². The molecule has 3 rings (SSSR count). The first-order valence-electron chi connectivity index (χ1n) is 5.40. The van der Waals surface area contributed by atoms with Gasteiger partial charge in [-0.1, -0.05) is 22.9 Å². The van der Waals surface area contributed by atoms with E-state index in [1.165, 1.54) is 23.5 Å². The molecule has 0 fully saturated rings. The number of nitrogens with zero attached hydrogens (tertiary/aromatic N) is 1. The number of anilines is 2. The number of hydrogen-bond acceptors (Lipinski definition) is 3. The molecular formula is C13H7BrClFN2S. The van der Waals surface area contributed by atoms with E-state index in [9.17, 15) is 4.39 Å². The van der Waals surface area contributed by atoms with Crippen LogP contribution in [0.1, 0.15) is 0 Å². The average Bonchev–Trinajstić information content (AvgIpc) is 2.75. The van der Waals surface area contributed by atoms with Crippen molar-refractivity contribution < 1.29 is 4.39 Å². The van der Waals surface area contributed by atoms with E-state index in [2.05, 4.69) is 26.2 Å². The minimum atomic E-state index is -0.255. The molecule has 1 aromatic heterocycles. The lowest BCUT2D eigenvalue weighted by Gasteiger charge is -2.03. The summed E-state index contributed by atoms with van der Waals surface area (Å²) in [6.45, 7) is 0. The quantitative estimate of drug-likeness (QED) is 0.646. The van der Waals surface area contributed by atoms with Gasteiger partial charge in [-0.15, -0.1) is 0 Å². The smallest absolute Gasteiger partial charge is 0.188 e. The summed E-state index contributed by atoms with van der Waals surface area (Å²) >= 11 is 10.8. The molecule has 96 valence electrons. The fourth-order valence-electron chi connectivity index (χ4n) is 1.65. The van der Waals surface area contributed by atoms with E-state index in [1.54, 1.807) is 12.1 Å². The third kappa shape index (κ3) is 2.73. The van der Waals surface area contributed by atoms with Crippen LogP contribution in [-0.2, 0) is 0 Å². The third-order valence-corrected chi connectivity index (χ3v) is 4.69. The van der Waals surface area contributed by atoms with Crippen molar-refractivity contribution in [3.05, 3.63) is 51.7 Å². The van der Waals surface area contributed by atoms with Crippen molar-refractivity contribution in [2.75, 3.05) is 5.32 Å². The largest absolute Gasteiger partial charge is 0.331 e. The van der Waals surface area contributed by atoms with Crippen molar-refractivity contribution in [2.24, 2.45) is 0 Å². The fraction of sp³-hybridized carbons (Fsp3) is 0. The van der Waals surface area contributed by atoms with Gasteiger partial charge in [-0.2, -0.15) is 0 Å². The Bertz CT molecular complexity index is 759. The van der Waals surface area contributed by atoms with Crippen molar-refractivity contribution in [2.45, 2.75) is 0 Å². The zero-order chi connectivity index (χ0) is 13.4. The molecule has 0 aliphatic rings. The fourth-order valence-corrected chi connectivity index (χ4v) is 2.99. The van der Waals surface area contributed by atoms with Crippen molar-refractivity contribution >= 4 is 59.9 Å². The van der Waals surface area contributed by atoms with Gasteiger partial charge >= 0.3 is 0 Å². The first-order valence-corrected chi connectivity index (χ1v) is 7.39. The van der Waals surface area contributed by atoms with E-state index in [0.29, 0.717) is 10.2 Å². The Labute approximate surface area is 126 Å². The second-order valence-corrected chi connectivity index (χ2v) is 6.18. The lowest BCUT2D eigenvalue weighted by molar-refractivity contribution is 0.630. The first kappa shape index (κ1) is 12.8. The van der Waals surface area contributed by atoms with Gasteiger partial charge in [-0.3, -0.25) is 0 Å². The second kappa shape index (κ2) is 5.07. The summed E-state index contributed by atoms with van der Waals surface area (Å²) < 4.78 is 14.8. The van der Waals surface area contributed by atoms with E-state index in [1.807, 2.05) is 12.1 Å². The van der Waals surface area contributed by atoms with Crippen LogP contribution in [0.2, 0.25) is 5.02 Å². The summed E-state index contributed by atoms with van der Waals surface area (Å²) in [4.78, 5) is 4.39. The predicted octanol–water partition coefficient (Wildman–Crippen LogP) is 5.59. The molecule has 1 heterocycles. The van der Waals surface area contributed by atoms with E-state index >= 15 is 0 Å². The molecule has 0 bridgehead atoms. The number of halogens is 3. The predicted molar refractivity (Wildman–Crippen MR) is 82.0 cm³/mol. The SMILES string of the molecule is Fc1ccc2nc(Nc3ccc(Br)c(Cl)c3)sc2c1. The summed E-state index contributed by atoms with van der Waals surface area (Å²) in [5.74, 6) is -0.255. The molecule has 19 heavy (non-hydrogen) atoms. The lowest BCUT2D eigenvalue weighted by atomic mass is 10.3. The van der Waals surface area contributed by atoms with Crippen LogP contribution < -0.4 is 5.32 Å². The Kier molecular flexibility index (Phi) is 3.43. The minimum absolute atomic E-state index is 0.255. The van der Waals surface area contributed by atoms with E-state index in [4.69, 9.17) is 11.6 Å². The highest BCUT2D eigenvalue weighted by molar-refractivity contribution is 9.10. The molecule has 0 saturated carbocycles. The summed E-state index contributed by atoms with van der Waals surface area (Å²) in [6.07, 6.45) is 0. The van der Waals surface area contributed by atoms with Crippen molar-refractivity contribution in [3.8, 4) is 0 Å². The molecule has 6 heteroatoms. The standard InChI is InChI=1S/C13H7BrClFN2S/c14-9-3-2-8(6-10(9)15)17-13-18-11-4-1-7(16)5-12(11)19-13/h1-6H,(H,17,18). The summed E-state index contributed by atoms with van der Waals surface area (Å²) in [5.41, 5.74) is 1.62. The van der Waals surface area contributed by atoms with Gasteiger partial charge in [-0.05, 0) is 52.3 Å². The molecule has 0 aliphatic heterocycles. The molecule has 0 spiro atoms. The maximum absolute atomic E-state index is 13.1. The Hall–Kier alpha value is -1.17. The minimum Gasteiger partial charge on any atom is -0.331 e. The number of benzene rings is 2. The summed E-state index contributed by atoms with van der Waals surface area (Å²) in [5, 5.41) is 4.49. The van der Waals surface area contributed by atoms with Crippen LogP contribution in [0.3, 0.4) is 0 Å². The Morgan fingerprint density at radius 1 is 1.21 bits per heavy atom. The summed E-state index contributed by atoms with van der Waals surface area (Å²) in [7, 11) is 0. The van der Waals surface area contributed by atoms with Gasteiger partial charge in [0.25, 0.3) is 0 Å². The highest BCUT2D eigenvalue weighted by Crippen LogP contribution is 2.31. The van der Waals surface area contributed by atoms with Gasteiger partial charge in [0.1, 0.15) is 5.82 Å². The lowest BCUT2D eigenvalue weighted by Crippen LogP contribution is -1.88. The number of nitrogens with one attached hydrogen (secondary N) is 1. The average molecular weight is 358 g/mol. The second-order valence-electron chi connectivity index (χ2n) is 3.88. The van der Waals surface area contributed by atoms with Crippen molar-refractivity contribution in [3.63, 3.8) is 0 Å². The molecule has 0 aliphatic carbocycles. The molecule has 3 aromatic rings. The zero-order valence-corrected chi connectivity index (χ0v) is 12.6. The molecule has 2 aromatic carbocycles. The molecule has 2 nitrogen and oxygen atoms in total. The number of fused-ring (bicyclic) bond motifs is 1. The Morgan fingerprint density at radius 2 is 2.05 bits per heavy atom. The van der Waals surface area contributed by atoms with Crippen LogP contribution in [0.25, 0.3) is 10.2 Å². The van der Waals surface area contributed by atoms with Gasteiger partial charge in [0.15, 0.2) is 5.13 Å². The molecule has 0 saturated heterocycles. The van der Waals surface area contributed by atoms with Crippen LogP contribution in [0.5, 0.6) is 0 Å². The van der Waals surface area contributed by atoms with Crippen LogP contribution in [0.4, 0.5) is 15.2 Å². The van der Waals surface area contributed by atoms with Crippen LogP contribution in [-0.4, -0.2) is 4.98 Å². The number of rotatable bonds is 2. The van der Waals surface area contributed by atoms with Crippen molar-refractivity contribution in [1.82, 2.24) is 4.98 Å². The normalized spacial score (nSPS) is 10.9. The van der Waals surface area contributed by atoms with Gasteiger partial charge in [0, 0.05) is 10.2 Å². The highest BCUT2D eigenvalue weighted by atomic mass is 79.9. The van der Waals surface area contributed by atoms with E-state index < -0.39 is 0 Å². The first-order chi connectivity index (χ1) is 9.11. The molecule has 0 unspecified atom stereocenters. The maximum atomic E-state index is 13.1. The molecule has 0 atom stereocenters. The van der Waals surface area contributed by atoms with Gasteiger partial charge < -0.3 is 5.32 Å². The van der Waals surface area contributed by atoms with Crippen LogP contribution in [0, 0.1) is 5.82 Å². The van der Waals surface area contributed by atoms with E-state index in [-0.39, 0.29) is 5.82 Å². The number of aromatic nitrogens is 1. The third-order valence-electron chi connectivity index (χ3n) is 2.52. The Morgan fingerprint density at radius 3 is 2.84 bits per heavy atom. The monoisotopic (exact) mass is 356 g/mol. The highest BCUT2D eigenvalue weighted by Gasteiger charge is 2.06. The molecule has 0 amide bonds. The van der Waals surface area contributed by atoms with Crippen LogP contribution >= 0.6 is 38.9 Å². The van der Waals surface area contributed by atoms with Gasteiger partial charge in [0.2, 0.25) is 0 Å². The maximum Gasteiger partial charge on any atom is 0.188 e. The van der Waals surface area contributed by atoms with E-state index in [0.717, 1.165) is 20.4 Å². The number of hydrogen-bond donors (Lipinski definition) is 1. The van der Waals surface area contributed by atoms with Gasteiger partial charge in [0.05, 0.1) is 15.2 Å². The number of thiazole rings is 1. The van der Waals surface area contributed by atoms with Gasteiger partial charge in [-0.25, -0.2) is 9.37 Å². The Balaban J connectivity index is 1.94. The summed E-state index contributed by atoms with van der Waals surface area (Å²) in [6, 6.07) is 10.1. The molecule has 1 N–H and O–H groups in total. The molecular weight excluding hydrogens is 351 g/mol. The molecule has 0 radical (unpaired) electrons. The van der Waals surface area contributed by atoms with Crippen LogP contribution in [0.15, 0.2) is 40.9 Å². The topological polar surface area (TPSA) is 24.9 Å².